The van der Waals surface area contributed by atoms with Crippen molar-refractivity contribution in [3.05, 3.63) is 77.9 Å². The molecular weight excluding hydrogens is 348 g/mol. The monoisotopic (exact) mass is 376 g/mol. The van der Waals surface area contributed by atoms with Crippen LogP contribution in [0, 0.1) is 5.92 Å². The number of aliphatic hydroxyl groups excluding tert-OH is 1. The average Bonchev–Trinajstić information content (AvgIpc) is 2.69. The van der Waals surface area contributed by atoms with E-state index in [1.807, 2.05) is 42.5 Å². The van der Waals surface area contributed by atoms with Gasteiger partial charge in [0, 0.05) is 31.5 Å². The van der Waals surface area contributed by atoms with Crippen molar-refractivity contribution in [2.75, 3.05) is 13.2 Å². The number of pyridine rings is 3. The van der Waals surface area contributed by atoms with Crippen LogP contribution in [0.1, 0.15) is 30.9 Å². The lowest BCUT2D eigenvalue weighted by molar-refractivity contribution is 0.181. The van der Waals surface area contributed by atoms with E-state index in [0.29, 0.717) is 25.6 Å². The molecule has 0 atom stereocenters. The molecule has 0 saturated carbocycles. The van der Waals surface area contributed by atoms with Crippen LogP contribution in [0.5, 0.6) is 0 Å². The second-order valence-electron chi connectivity index (χ2n) is 7.38. The Morgan fingerprint density at radius 1 is 0.821 bits per heavy atom. The highest BCUT2D eigenvalue weighted by Gasteiger charge is 2.11. The summed E-state index contributed by atoms with van der Waals surface area (Å²) in [5.41, 5.74) is 4.81. The Morgan fingerprint density at radius 2 is 1.50 bits per heavy atom. The van der Waals surface area contributed by atoms with Crippen molar-refractivity contribution in [2.24, 2.45) is 5.92 Å². The van der Waals surface area contributed by atoms with Crippen LogP contribution in [0.2, 0.25) is 0 Å². The molecule has 0 aromatic carbocycles. The molecule has 3 heterocycles. The fourth-order valence-corrected chi connectivity index (χ4v) is 3.19. The van der Waals surface area contributed by atoms with Gasteiger partial charge < -0.3 is 5.11 Å². The quantitative estimate of drug-likeness (QED) is 0.616. The molecule has 0 radical (unpaired) electrons. The van der Waals surface area contributed by atoms with Gasteiger partial charge in [-0.2, -0.15) is 0 Å². The third-order valence-electron chi connectivity index (χ3n) is 4.40. The molecule has 0 aliphatic heterocycles. The van der Waals surface area contributed by atoms with Crippen LogP contribution in [-0.2, 0) is 19.5 Å². The van der Waals surface area contributed by atoms with Crippen LogP contribution in [0.4, 0.5) is 0 Å². The van der Waals surface area contributed by atoms with Gasteiger partial charge in [0.05, 0.1) is 29.4 Å². The maximum absolute atomic E-state index is 9.51. The zero-order valence-electron chi connectivity index (χ0n) is 16.6. The Bertz CT molecular complexity index is 867. The highest BCUT2D eigenvalue weighted by Crippen LogP contribution is 2.15. The fourth-order valence-electron chi connectivity index (χ4n) is 3.19. The van der Waals surface area contributed by atoms with Crippen LogP contribution in [-0.4, -0.2) is 38.1 Å². The number of nitrogens with zero attached hydrogens (tertiary/aromatic N) is 4. The van der Waals surface area contributed by atoms with E-state index in [2.05, 4.69) is 35.9 Å². The number of hydrogen-bond donors (Lipinski definition) is 1. The van der Waals surface area contributed by atoms with Gasteiger partial charge in [-0.1, -0.05) is 32.0 Å². The minimum Gasteiger partial charge on any atom is -0.395 e. The molecule has 5 heteroatoms. The first-order valence-electron chi connectivity index (χ1n) is 9.79. The summed E-state index contributed by atoms with van der Waals surface area (Å²) in [5.74, 6) is 0.579. The van der Waals surface area contributed by atoms with Crippen LogP contribution in [0.25, 0.3) is 11.4 Å². The molecule has 0 aliphatic carbocycles. The van der Waals surface area contributed by atoms with E-state index < -0.39 is 0 Å². The highest BCUT2D eigenvalue weighted by molar-refractivity contribution is 5.53. The lowest BCUT2D eigenvalue weighted by atomic mass is 10.1. The molecular formula is C23H28N4O. The standard InChI is InChI=1S/C23H28N4O/c1-18(2)15-19-7-5-8-20(25-19)16-27(13-14-28)17-21-9-6-11-23(26-21)22-10-3-4-12-24-22/h3-12,18,28H,13-17H2,1-2H3. The van der Waals surface area contributed by atoms with Gasteiger partial charge in [0.1, 0.15) is 0 Å². The highest BCUT2D eigenvalue weighted by atomic mass is 16.3. The third kappa shape index (κ3) is 5.94. The Morgan fingerprint density at radius 3 is 2.18 bits per heavy atom. The van der Waals surface area contributed by atoms with Gasteiger partial charge in [-0.25, -0.2) is 4.98 Å². The summed E-state index contributed by atoms with van der Waals surface area (Å²) < 4.78 is 0. The van der Waals surface area contributed by atoms with Gasteiger partial charge in [-0.3, -0.25) is 14.9 Å². The smallest absolute Gasteiger partial charge is 0.0890 e. The Labute approximate surface area is 167 Å². The normalized spacial score (nSPS) is 11.3. The molecule has 5 nitrogen and oxygen atoms in total. The van der Waals surface area contributed by atoms with Crippen LogP contribution in [0.15, 0.2) is 60.8 Å². The first-order chi connectivity index (χ1) is 13.6. The van der Waals surface area contributed by atoms with E-state index in [-0.39, 0.29) is 6.61 Å². The number of hydrogen-bond acceptors (Lipinski definition) is 5. The predicted molar refractivity (Wildman–Crippen MR) is 111 cm³/mol. The maximum atomic E-state index is 9.51. The zero-order valence-corrected chi connectivity index (χ0v) is 16.6. The number of aliphatic hydroxyl groups is 1. The second kappa shape index (κ2) is 10.1. The van der Waals surface area contributed by atoms with Crippen molar-refractivity contribution in [2.45, 2.75) is 33.4 Å². The molecule has 0 spiro atoms. The molecule has 146 valence electrons. The van der Waals surface area contributed by atoms with Crippen LogP contribution in [0.3, 0.4) is 0 Å². The minimum absolute atomic E-state index is 0.103. The van der Waals surface area contributed by atoms with E-state index >= 15 is 0 Å². The van der Waals surface area contributed by atoms with Crippen molar-refractivity contribution in [1.82, 2.24) is 19.9 Å². The molecule has 0 fully saturated rings. The summed E-state index contributed by atoms with van der Waals surface area (Å²) in [6.07, 6.45) is 2.75. The minimum atomic E-state index is 0.103. The van der Waals surface area contributed by atoms with Crippen LogP contribution >= 0.6 is 0 Å². The van der Waals surface area contributed by atoms with Crippen molar-refractivity contribution in [3.63, 3.8) is 0 Å². The summed E-state index contributed by atoms with van der Waals surface area (Å²) in [4.78, 5) is 16.1. The van der Waals surface area contributed by atoms with Gasteiger partial charge in [-0.15, -0.1) is 0 Å². The predicted octanol–water partition coefficient (Wildman–Crippen LogP) is 3.73. The van der Waals surface area contributed by atoms with Gasteiger partial charge in [-0.05, 0) is 48.7 Å². The number of aromatic nitrogens is 3. The molecule has 0 aliphatic rings. The van der Waals surface area contributed by atoms with E-state index in [1.165, 1.54) is 0 Å². The average molecular weight is 377 g/mol. The molecule has 0 unspecified atom stereocenters. The Balaban J connectivity index is 1.73. The molecule has 0 amide bonds. The summed E-state index contributed by atoms with van der Waals surface area (Å²) in [5, 5.41) is 9.51. The van der Waals surface area contributed by atoms with Crippen molar-refractivity contribution >= 4 is 0 Å². The van der Waals surface area contributed by atoms with E-state index in [4.69, 9.17) is 9.97 Å². The van der Waals surface area contributed by atoms with Gasteiger partial charge in [0.2, 0.25) is 0 Å². The first-order valence-corrected chi connectivity index (χ1v) is 9.79. The summed E-state index contributed by atoms with van der Waals surface area (Å²) >= 11 is 0. The second-order valence-corrected chi connectivity index (χ2v) is 7.38. The lowest BCUT2D eigenvalue weighted by Gasteiger charge is -2.21. The molecule has 0 saturated heterocycles. The first kappa shape index (κ1) is 20.1. The zero-order chi connectivity index (χ0) is 19.8. The van der Waals surface area contributed by atoms with Gasteiger partial charge in [0.15, 0.2) is 0 Å². The largest absolute Gasteiger partial charge is 0.395 e. The molecule has 0 bridgehead atoms. The summed E-state index contributed by atoms with van der Waals surface area (Å²) in [7, 11) is 0. The third-order valence-corrected chi connectivity index (χ3v) is 4.40. The maximum Gasteiger partial charge on any atom is 0.0890 e. The molecule has 1 N–H and O–H groups in total. The topological polar surface area (TPSA) is 62.1 Å². The molecule has 28 heavy (non-hydrogen) atoms. The molecule has 3 aromatic heterocycles. The van der Waals surface area contributed by atoms with Gasteiger partial charge in [0.25, 0.3) is 0 Å². The lowest BCUT2D eigenvalue weighted by Crippen LogP contribution is -2.27. The van der Waals surface area contributed by atoms with Crippen molar-refractivity contribution < 1.29 is 5.11 Å². The van der Waals surface area contributed by atoms with E-state index in [9.17, 15) is 5.11 Å². The van der Waals surface area contributed by atoms with Crippen molar-refractivity contribution in [1.29, 1.82) is 0 Å². The Kier molecular flexibility index (Phi) is 7.23. The fraction of sp³-hybridized carbons (Fsp3) is 0.348. The SMILES string of the molecule is CC(C)Cc1cccc(CN(CCO)Cc2cccc(-c3ccccn3)n2)n1. The van der Waals surface area contributed by atoms with Crippen molar-refractivity contribution in [3.8, 4) is 11.4 Å². The number of rotatable bonds is 9. The summed E-state index contributed by atoms with van der Waals surface area (Å²) in [6.45, 7) is 6.41. The van der Waals surface area contributed by atoms with E-state index in [0.717, 1.165) is 34.9 Å². The van der Waals surface area contributed by atoms with Crippen LogP contribution < -0.4 is 0 Å². The molecule has 3 aromatic rings. The van der Waals surface area contributed by atoms with E-state index in [1.54, 1.807) is 6.20 Å². The molecule has 3 rings (SSSR count). The van der Waals surface area contributed by atoms with Gasteiger partial charge >= 0.3 is 0 Å². The Hall–Kier alpha value is -2.63. The summed E-state index contributed by atoms with van der Waals surface area (Å²) in [6, 6.07) is 18.0.